The van der Waals surface area contributed by atoms with E-state index in [1.165, 1.54) is 24.6 Å². The van der Waals surface area contributed by atoms with Crippen LogP contribution in [0.1, 0.15) is 23.2 Å². The maximum atomic E-state index is 13.1. The Hall–Kier alpha value is -2.38. The van der Waals surface area contributed by atoms with E-state index in [4.69, 9.17) is 0 Å². The Balaban J connectivity index is 1.50. The number of aromatic nitrogens is 1. The summed E-state index contributed by atoms with van der Waals surface area (Å²) < 4.78 is 0. The first kappa shape index (κ1) is 18.0. The Kier molecular flexibility index (Phi) is 5.40. The Morgan fingerprint density at radius 3 is 2.81 bits per heavy atom. The van der Waals surface area contributed by atoms with E-state index in [9.17, 15) is 9.59 Å². The van der Waals surface area contributed by atoms with Crippen molar-refractivity contribution in [2.45, 2.75) is 22.8 Å². The fraction of sp³-hybridized carbons (Fsp3) is 0.350. The van der Waals surface area contributed by atoms with Crippen molar-refractivity contribution in [1.29, 1.82) is 0 Å². The van der Waals surface area contributed by atoms with E-state index in [1.54, 1.807) is 23.2 Å². The lowest BCUT2D eigenvalue weighted by Gasteiger charge is -2.22. The summed E-state index contributed by atoms with van der Waals surface area (Å²) in [7, 11) is 0. The molecule has 2 aliphatic rings. The minimum atomic E-state index is -0.190. The molecule has 140 valence electrons. The van der Waals surface area contributed by atoms with E-state index < -0.39 is 0 Å². The molecule has 1 fully saturated rings. The number of nitrogens with one attached hydrogen (secondary N) is 1. The third-order valence-corrected chi connectivity index (χ3v) is 5.94. The van der Waals surface area contributed by atoms with E-state index in [-0.39, 0.29) is 18.4 Å². The molecule has 0 unspecified atom stereocenters. The maximum Gasteiger partial charge on any atom is 0.261 e. The molecule has 0 saturated carbocycles. The first-order chi connectivity index (χ1) is 13.2. The molecule has 0 bridgehead atoms. The number of nitrogens with zero attached hydrogens (tertiary/aromatic N) is 3. The van der Waals surface area contributed by atoms with Crippen molar-refractivity contribution in [2.24, 2.45) is 0 Å². The van der Waals surface area contributed by atoms with Gasteiger partial charge < -0.3 is 10.2 Å². The Labute approximate surface area is 162 Å². The number of carbonyl (C=O) groups is 2. The number of fused-ring (bicyclic) bond motifs is 2. The molecule has 2 aromatic rings. The molecule has 1 aromatic heterocycles. The number of amides is 2. The zero-order valence-corrected chi connectivity index (χ0v) is 15.9. The van der Waals surface area contributed by atoms with Crippen LogP contribution >= 0.6 is 11.8 Å². The van der Waals surface area contributed by atoms with Crippen LogP contribution in [0.2, 0.25) is 0 Å². The van der Waals surface area contributed by atoms with Crippen molar-refractivity contribution in [3.8, 4) is 0 Å². The predicted molar refractivity (Wildman–Crippen MR) is 105 cm³/mol. The number of para-hydroxylation sites is 1. The number of rotatable bonds is 5. The van der Waals surface area contributed by atoms with Crippen LogP contribution in [0.25, 0.3) is 0 Å². The fourth-order valence-electron chi connectivity index (χ4n) is 3.48. The van der Waals surface area contributed by atoms with Crippen LogP contribution in [0, 0.1) is 0 Å². The molecular weight excluding hydrogens is 360 g/mol. The highest BCUT2D eigenvalue weighted by molar-refractivity contribution is 7.99. The van der Waals surface area contributed by atoms with Crippen LogP contribution < -0.4 is 10.2 Å². The Morgan fingerprint density at radius 2 is 1.96 bits per heavy atom. The van der Waals surface area contributed by atoms with Gasteiger partial charge in [-0.1, -0.05) is 23.9 Å². The van der Waals surface area contributed by atoms with Gasteiger partial charge in [0.05, 0.1) is 11.3 Å². The summed E-state index contributed by atoms with van der Waals surface area (Å²) in [5, 5.41) is 3.63. The molecule has 4 rings (SSSR count). The van der Waals surface area contributed by atoms with E-state index in [0.29, 0.717) is 17.1 Å². The monoisotopic (exact) mass is 382 g/mol. The number of likely N-dealkylation sites (tertiary alicyclic amines) is 1. The lowest BCUT2D eigenvalue weighted by molar-refractivity contribution is -0.119. The van der Waals surface area contributed by atoms with Crippen LogP contribution in [-0.4, -0.2) is 54.4 Å². The standard InChI is InChI=1S/C20H22N4O2S/c25-18(21-10-13-23-11-3-4-12-23)14-24-16-7-1-2-8-17(16)27-19-15(20(24)26)6-5-9-22-19/h1-2,5-9H,3-4,10-14H2,(H,21,25). The van der Waals surface area contributed by atoms with Gasteiger partial charge in [0.1, 0.15) is 11.6 Å². The normalized spacial score (nSPS) is 16.6. The van der Waals surface area contributed by atoms with Gasteiger partial charge in [-0.25, -0.2) is 4.98 Å². The average molecular weight is 382 g/mol. The highest BCUT2D eigenvalue weighted by Crippen LogP contribution is 2.39. The van der Waals surface area contributed by atoms with Gasteiger partial charge in [-0.05, 0) is 50.2 Å². The molecule has 0 atom stereocenters. The van der Waals surface area contributed by atoms with E-state index in [1.807, 2.05) is 24.3 Å². The molecule has 1 saturated heterocycles. The summed E-state index contributed by atoms with van der Waals surface area (Å²) in [5.41, 5.74) is 1.28. The molecule has 7 heteroatoms. The first-order valence-corrected chi connectivity index (χ1v) is 10.1. The van der Waals surface area contributed by atoms with Gasteiger partial charge in [-0.2, -0.15) is 0 Å². The predicted octanol–water partition coefficient (Wildman–Crippen LogP) is 2.41. The first-order valence-electron chi connectivity index (χ1n) is 9.25. The molecule has 6 nitrogen and oxygen atoms in total. The third-order valence-electron chi connectivity index (χ3n) is 4.86. The summed E-state index contributed by atoms with van der Waals surface area (Å²) >= 11 is 1.46. The molecule has 0 radical (unpaired) electrons. The van der Waals surface area contributed by atoms with Gasteiger partial charge in [0.15, 0.2) is 0 Å². The summed E-state index contributed by atoms with van der Waals surface area (Å²) in [4.78, 5) is 34.8. The van der Waals surface area contributed by atoms with Crippen molar-refractivity contribution in [3.63, 3.8) is 0 Å². The quantitative estimate of drug-likeness (QED) is 0.860. The minimum absolute atomic E-state index is 0.00470. The highest BCUT2D eigenvalue weighted by Gasteiger charge is 2.29. The molecule has 3 heterocycles. The van der Waals surface area contributed by atoms with Crippen LogP contribution in [0.4, 0.5) is 5.69 Å². The number of pyridine rings is 1. The fourth-order valence-corrected chi connectivity index (χ4v) is 4.49. The Morgan fingerprint density at radius 1 is 1.15 bits per heavy atom. The lowest BCUT2D eigenvalue weighted by atomic mass is 10.2. The molecule has 2 amide bonds. The highest BCUT2D eigenvalue weighted by atomic mass is 32.2. The zero-order valence-electron chi connectivity index (χ0n) is 15.1. The molecular formula is C20H22N4O2S. The van der Waals surface area contributed by atoms with Gasteiger partial charge in [-0.3, -0.25) is 14.5 Å². The maximum absolute atomic E-state index is 13.1. The van der Waals surface area contributed by atoms with Gasteiger partial charge >= 0.3 is 0 Å². The van der Waals surface area contributed by atoms with Crippen molar-refractivity contribution >= 4 is 29.3 Å². The lowest BCUT2D eigenvalue weighted by Crippen LogP contribution is -2.42. The number of hydrogen-bond acceptors (Lipinski definition) is 5. The SMILES string of the molecule is O=C(CN1C(=O)c2cccnc2Sc2ccccc21)NCCN1CCCC1. The van der Waals surface area contributed by atoms with Crippen LogP contribution in [0.3, 0.4) is 0 Å². The number of hydrogen-bond donors (Lipinski definition) is 1. The molecule has 1 N–H and O–H groups in total. The van der Waals surface area contributed by atoms with Gasteiger partial charge in [0, 0.05) is 24.2 Å². The summed E-state index contributed by atoms with van der Waals surface area (Å²) in [6.07, 6.45) is 4.15. The van der Waals surface area contributed by atoms with Gasteiger partial charge in [-0.15, -0.1) is 0 Å². The van der Waals surface area contributed by atoms with Crippen molar-refractivity contribution in [2.75, 3.05) is 37.6 Å². The molecule has 0 aliphatic carbocycles. The summed E-state index contributed by atoms with van der Waals surface area (Å²) in [6, 6.07) is 11.2. The second-order valence-corrected chi connectivity index (χ2v) is 7.75. The minimum Gasteiger partial charge on any atom is -0.353 e. The Bertz CT molecular complexity index is 851. The number of carbonyl (C=O) groups excluding carboxylic acids is 2. The molecule has 2 aliphatic heterocycles. The second kappa shape index (κ2) is 8.10. The third kappa shape index (κ3) is 3.99. The molecule has 27 heavy (non-hydrogen) atoms. The van der Waals surface area contributed by atoms with Crippen LogP contribution in [0.15, 0.2) is 52.5 Å². The largest absolute Gasteiger partial charge is 0.353 e. The molecule has 1 aromatic carbocycles. The number of anilines is 1. The van der Waals surface area contributed by atoms with Crippen molar-refractivity contribution < 1.29 is 9.59 Å². The molecule has 0 spiro atoms. The van der Waals surface area contributed by atoms with E-state index in [2.05, 4.69) is 15.2 Å². The van der Waals surface area contributed by atoms with Crippen LogP contribution in [-0.2, 0) is 4.79 Å². The van der Waals surface area contributed by atoms with Crippen molar-refractivity contribution in [3.05, 3.63) is 48.2 Å². The zero-order chi connectivity index (χ0) is 18.6. The second-order valence-electron chi connectivity index (χ2n) is 6.72. The van der Waals surface area contributed by atoms with Gasteiger partial charge in [0.25, 0.3) is 5.91 Å². The van der Waals surface area contributed by atoms with Crippen LogP contribution in [0.5, 0.6) is 0 Å². The summed E-state index contributed by atoms with van der Waals surface area (Å²) in [6.45, 7) is 3.68. The van der Waals surface area contributed by atoms with E-state index >= 15 is 0 Å². The van der Waals surface area contributed by atoms with Gasteiger partial charge in [0.2, 0.25) is 5.91 Å². The number of benzene rings is 1. The average Bonchev–Trinajstić information content (AvgIpc) is 3.16. The smallest absolute Gasteiger partial charge is 0.261 e. The van der Waals surface area contributed by atoms with Crippen molar-refractivity contribution in [1.82, 2.24) is 15.2 Å². The topological polar surface area (TPSA) is 65.5 Å². The summed E-state index contributed by atoms with van der Waals surface area (Å²) in [5.74, 6) is -0.333. The van der Waals surface area contributed by atoms with E-state index in [0.717, 1.165) is 30.2 Å².